The molecule has 0 spiro atoms. The summed E-state index contributed by atoms with van der Waals surface area (Å²) in [7, 11) is -4.20. The van der Waals surface area contributed by atoms with Crippen LogP contribution in [0.4, 0.5) is 10.1 Å². The fourth-order valence-corrected chi connectivity index (χ4v) is 6.28. The number of aromatic nitrogens is 3. The number of rotatable bonds is 6. The summed E-state index contributed by atoms with van der Waals surface area (Å²) in [6.45, 7) is 2.78. The predicted octanol–water partition coefficient (Wildman–Crippen LogP) is 5.19. The van der Waals surface area contributed by atoms with E-state index in [2.05, 4.69) is 30.8 Å². The van der Waals surface area contributed by atoms with Crippen molar-refractivity contribution in [3.63, 3.8) is 0 Å². The van der Waals surface area contributed by atoms with E-state index in [1.165, 1.54) is 18.2 Å². The summed E-state index contributed by atoms with van der Waals surface area (Å²) < 4.78 is 45.6. The molecule has 1 amide bonds. The van der Waals surface area contributed by atoms with Gasteiger partial charge in [0.25, 0.3) is 15.9 Å². The summed E-state index contributed by atoms with van der Waals surface area (Å²) in [6.07, 6.45) is 0.611. The van der Waals surface area contributed by atoms with E-state index in [1.54, 1.807) is 24.0 Å². The molecule has 1 aliphatic heterocycles. The Balaban J connectivity index is 1.35. The topological polar surface area (TPSA) is 97.2 Å². The maximum absolute atomic E-state index is 14.2. The third-order valence-corrected chi connectivity index (χ3v) is 8.50. The number of carbonyl (C=O) groups excluding carboxylic acids is 1. The number of anilines is 1. The van der Waals surface area contributed by atoms with Crippen molar-refractivity contribution < 1.29 is 17.6 Å². The van der Waals surface area contributed by atoms with E-state index in [9.17, 15) is 17.6 Å². The van der Waals surface area contributed by atoms with Crippen LogP contribution in [0.25, 0.3) is 0 Å². The first-order chi connectivity index (χ1) is 18.1. The highest BCUT2D eigenvalue weighted by atomic mass is 79.9. The molecule has 0 radical (unpaired) electrons. The lowest BCUT2D eigenvalue weighted by atomic mass is 10.1. The van der Waals surface area contributed by atoms with Gasteiger partial charge >= 0.3 is 0 Å². The molecule has 8 nitrogen and oxygen atoms in total. The number of sulfonamides is 1. The maximum atomic E-state index is 14.2. The third-order valence-electron chi connectivity index (χ3n) is 6.27. The SMILES string of the molecule is Cc1ccc(C(=O)N2CCn3c(Cc4cccc(Br)c4)nnc3C2)cc1S(=O)(=O)Nc1cc(Cl)ccc1F. The van der Waals surface area contributed by atoms with E-state index in [0.717, 1.165) is 21.9 Å². The van der Waals surface area contributed by atoms with Crippen molar-refractivity contribution in [2.24, 2.45) is 0 Å². The van der Waals surface area contributed by atoms with Crippen LogP contribution >= 0.6 is 27.5 Å². The third kappa shape index (κ3) is 5.45. The first kappa shape index (κ1) is 26.3. The molecule has 2 heterocycles. The van der Waals surface area contributed by atoms with E-state index < -0.39 is 15.8 Å². The van der Waals surface area contributed by atoms with Crippen molar-refractivity contribution in [1.82, 2.24) is 19.7 Å². The molecule has 196 valence electrons. The van der Waals surface area contributed by atoms with Gasteiger partial charge in [0.05, 0.1) is 17.1 Å². The van der Waals surface area contributed by atoms with Gasteiger partial charge in [0.1, 0.15) is 11.6 Å². The van der Waals surface area contributed by atoms with Gasteiger partial charge in [-0.2, -0.15) is 0 Å². The summed E-state index contributed by atoms with van der Waals surface area (Å²) in [6, 6.07) is 16.0. The predicted molar refractivity (Wildman–Crippen MR) is 145 cm³/mol. The van der Waals surface area contributed by atoms with E-state index in [4.69, 9.17) is 11.6 Å². The smallest absolute Gasteiger partial charge is 0.262 e. The summed E-state index contributed by atoms with van der Waals surface area (Å²) in [5.41, 5.74) is 1.42. The van der Waals surface area contributed by atoms with Crippen LogP contribution < -0.4 is 4.72 Å². The van der Waals surface area contributed by atoms with Crippen LogP contribution in [-0.2, 0) is 29.5 Å². The molecule has 1 aromatic heterocycles. The second kappa shape index (κ2) is 10.5. The Morgan fingerprint density at radius 3 is 2.71 bits per heavy atom. The molecule has 3 aromatic carbocycles. The van der Waals surface area contributed by atoms with Crippen molar-refractivity contribution in [2.45, 2.75) is 31.3 Å². The Labute approximate surface area is 232 Å². The van der Waals surface area contributed by atoms with E-state index in [-0.39, 0.29) is 33.6 Å². The Bertz CT molecular complexity index is 1660. The fourth-order valence-electron chi connectivity index (χ4n) is 4.33. The van der Waals surface area contributed by atoms with Gasteiger partial charge in [0, 0.05) is 34.6 Å². The van der Waals surface area contributed by atoms with Crippen LogP contribution in [0.3, 0.4) is 0 Å². The zero-order valence-electron chi connectivity index (χ0n) is 20.2. The average Bonchev–Trinajstić information content (AvgIpc) is 3.27. The van der Waals surface area contributed by atoms with Crippen LogP contribution in [0.15, 0.2) is 70.0 Å². The Hall–Kier alpha value is -3.28. The molecule has 0 atom stereocenters. The molecule has 5 rings (SSSR count). The van der Waals surface area contributed by atoms with Crippen molar-refractivity contribution in [3.05, 3.63) is 104 Å². The van der Waals surface area contributed by atoms with Gasteiger partial charge in [0.2, 0.25) is 0 Å². The van der Waals surface area contributed by atoms with Crippen LogP contribution in [0.2, 0.25) is 5.02 Å². The van der Waals surface area contributed by atoms with Gasteiger partial charge in [-0.05, 0) is 60.5 Å². The summed E-state index contributed by atoms with van der Waals surface area (Å²) in [5, 5.41) is 8.81. The highest BCUT2D eigenvalue weighted by molar-refractivity contribution is 9.10. The zero-order chi connectivity index (χ0) is 27.0. The number of amides is 1. The monoisotopic (exact) mass is 617 g/mol. The van der Waals surface area contributed by atoms with Crippen molar-refractivity contribution in [3.8, 4) is 0 Å². The van der Waals surface area contributed by atoms with Gasteiger partial charge in [-0.1, -0.05) is 45.7 Å². The maximum Gasteiger partial charge on any atom is 0.262 e. The molecule has 0 aliphatic carbocycles. The van der Waals surface area contributed by atoms with Gasteiger partial charge in [-0.15, -0.1) is 10.2 Å². The highest BCUT2D eigenvalue weighted by Crippen LogP contribution is 2.26. The van der Waals surface area contributed by atoms with Crippen LogP contribution in [0.1, 0.15) is 33.1 Å². The van der Waals surface area contributed by atoms with Crippen LogP contribution in [0.5, 0.6) is 0 Å². The average molecular weight is 619 g/mol. The zero-order valence-corrected chi connectivity index (χ0v) is 23.3. The summed E-state index contributed by atoms with van der Waals surface area (Å²) in [5.74, 6) is 0.374. The number of fused-ring (bicyclic) bond motifs is 1. The van der Waals surface area contributed by atoms with Gasteiger partial charge < -0.3 is 9.47 Å². The molecule has 1 aliphatic rings. The number of benzene rings is 3. The first-order valence-electron chi connectivity index (χ1n) is 11.6. The molecular weight excluding hydrogens is 597 g/mol. The highest BCUT2D eigenvalue weighted by Gasteiger charge is 2.27. The quantitative estimate of drug-likeness (QED) is 0.321. The van der Waals surface area contributed by atoms with E-state index in [1.807, 2.05) is 28.8 Å². The molecule has 0 saturated carbocycles. The summed E-state index contributed by atoms with van der Waals surface area (Å²) in [4.78, 5) is 14.8. The lowest BCUT2D eigenvalue weighted by Gasteiger charge is -2.28. The van der Waals surface area contributed by atoms with Crippen molar-refractivity contribution in [1.29, 1.82) is 0 Å². The number of hydrogen-bond acceptors (Lipinski definition) is 5. The lowest BCUT2D eigenvalue weighted by Crippen LogP contribution is -2.39. The number of carbonyl (C=O) groups is 1. The molecule has 0 bridgehead atoms. The second-order valence-corrected chi connectivity index (χ2v) is 11.9. The van der Waals surface area contributed by atoms with Crippen molar-refractivity contribution >= 4 is 49.1 Å². The fraction of sp³-hybridized carbons (Fsp3) is 0.192. The largest absolute Gasteiger partial charge is 0.329 e. The van der Waals surface area contributed by atoms with E-state index >= 15 is 0 Å². The molecule has 1 N–H and O–H groups in total. The standard InChI is InChI=1S/C26H22BrClFN5O3S/c1-16-5-6-18(13-23(16)38(36,37)32-22-14-20(28)7-8-21(22)29)26(35)33-9-10-34-24(30-31-25(34)15-33)12-17-3-2-4-19(27)11-17/h2-8,11,13-14,32H,9-10,12,15H2,1H3. The lowest BCUT2D eigenvalue weighted by molar-refractivity contribution is 0.0706. The Morgan fingerprint density at radius 1 is 1.11 bits per heavy atom. The van der Waals surface area contributed by atoms with Gasteiger partial charge in [-0.3, -0.25) is 9.52 Å². The van der Waals surface area contributed by atoms with Gasteiger partial charge in [0.15, 0.2) is 5.82 Å². The molecule has 4 aromatic rings. The Kier molecular flexibility index (Phi) is 7.26. The van der Waals surface area contributed by atoms with Gasteiger partial charge in [-0.25, -0.2) is 12.8 Å². The number of nitrogens with zero attached hydrogens (tertiary/aromatic N) is 4. The van der Waals surface area contributed by atoms with Crippen LogP contribution in [0, 0.1) is 12.7 Å². The second-order valence-electron chi connectivity index (χ2n) is 8.93. The molecular formula is C26H22BrClFN5O3S. The minimum atomic E-state index is -4.20. The minimum Gasteiger partial charge on any atom is -0.329 e. The number of halogens is 3. The van der Waals surface area contributed by atoms with Crippen LogP contribution in [-0.4, -0.2) is 40.5 Å². The van der Waals surface area contributed by atoms with E-state index in [0.29, 0.717) is 30.9 Å². The normalized spacial score (nSPS) is 13.3. The molecule has 38 heavy (non-hydrogen) atoms. The summed E-state index contributed by atoms with van der Waals surface area (Å²) >= 11 is 9.38. The molecule has 0 fully saturated rings. The van der Waals surface area contributed by atoms with Crippen molar-refractivity contribution in [2.75, 3.05) is 11.3 Å². The minimum absolute atomic E-state index is 0.126. The Morgan fingerprint density at radius 2 is 1.92 bits per heavy atom. The number of aryl methyl sites for hydroxylation is 1. The number of nitrogens with one attached hydrogen (secondary N) is 1. The number of hydrogen-bond donors (Lipinski definition) is 1. The molecule has 12 heteroatoms. The molecule has 0 saturated heterocycles. The molecule has 0 unspecified atom stereocenters. The first-order valence-corrected chi connectivity index (χ1v) is 14.3.